The first-order chi connectivity index (χ1) is 26.1. The average molecular weight is 700 g/mol. The van der Waals surface area contributed by atoms with Crippen molar-refractivity contribution in [2.24, 2.45) is 0 Å². The molecule has 6 aromatic carbocycles. The maximum Gasteiger partial charge on any atom is 0.0682 e. The van der Waals surface area contributed by atoms with Gasteiger partial charge < -0.3 is 10.2 Å². The van der Waals surface area contributed by atoms with Crippen molar-refractivity contribution in [3.63, 3.8) is 0 Å². The Hall–Kier alpha value is -4.80. The van der Waals surface area contributed by atoms with Crippen LogP contribution in [0.2, 0.25) is 0 Å². The molecule has 1 fully saturated rings. The minimum atomic E-state index is -0.646. The van der Waals surface area contributed by atoms with Gasteiger partial charge in [0, 0.05) is 30.0 Å². The SMILES string of the molecule is O[C@H](CN(C[C@@H](O)CC(c1ccccc1)(c1ccccc1)c1ccccc1)C1CCCCC1)CC(c1ccccc1)(c1ccccc1)c1ccccc1. The van der Waals surface area contributed by atoms with Crippen LogP contribution in [0.3, 0.4) is 0 Å². The van der Waals surface area contributed by atoms with Crippen molar-refractivity contribution in [3.8, 4) is 0 Å². The summed E-state index contributed by atoms with van der Waals surface area (Å²) >= 11 is 0. The molecule has 0 spiro atoms. The van der Waals surface area contributed by atoms with Crippen LogP contribution in [0.25, 0.3) is 0 Å². The van der Waals surface area contributed by atoms with E-state index < -0.39 is 23.0 Å². The maximum absolute atomic E-state index is 12.4. The summed E-state index contributed by atoms with van der Waals surface area (Å²) in [6.45, 7) is 0.982. The molecule has 53 heavy (non-hydrogen) atoms. The lowest BCUT2D eigenvalue weighted by Crippen LogP contribution is -2.48. The number of rotatable bonds is 15. The fourth-order valence-corrected chi connectivity index (χ4v) is 9.24. The molecule has 0 saturated heterocycles. The standard InChI is InChI=1S/C50H53NO2/c52-47(36-49(40-22-8-1-9-23-40,41-24-10-2-11-25-41)42-26-12-3-13-27-42)38-51(46-34-20-7-21-35-46)39-48(53)37-50(43-28-14-4-15-29-43,44-30-16-5-17-31-44)45-32-18-6-19-33-45/h1-6,8-19,22-33,46-48,52-53H,7,20-21,34-39H2/t47-,48-/m0/s1. The summed E-state index contributed by atoms with van der Waals surface area (Å²) in [7, 11) is 0. The summed E-state index contributed by atoms with van der Waals surface area (Å²) in [5.41, 5.74) is 5.89. The van der Waals surface area contributed by atoms with E-state index in [0.29, 0.717) is 32.0 Å². The van der Waals surface area contributed by atoms with Gasteiger partial charge in [-0.2, -0.15) is 0 Å². The Labute approximate surface area is 316 Å². The Morgan fingerprint density at radius 1 is 0.396 bits per heavy atom. The summed E-state index contributed by atoms with van der Waals surface area (Å²) in [5, 5.41) is 24.9. The zero-order valence-corrected chi connectivity index (χ0v) is 30.8. The maximum atomic E-state index is 12.4. The second-order valence-electron chi connectivity index (χ2n) is 15.0. The molecule has 0 unspecified atom stereocenters. The quantitative estimate of drug-likeness (QED) is 0.105. The van der Waals surface area contributed by atoms with Crippen molar-refractivity contribution >= 4 is 0 Å². The summed E-state index contributed by atoms with van der Waals surface area (Å²) in [4.78, 5) is 2.44. The van der Waals surface area contributed by atoms with E-state index in [1.54, 1.807) is 0 Å². The smallest absolute Gasteiger partial charge is 0.0682 e. The molecule has 0 amide bonds. The molecule has 0 aliphatic heterocycles. The van der Waals surface area contributed by atoms with Gasteiger partial charge >= 0.3 is 0 Å². The largest absolute Gasteiger partial charge is 0.392 e. The first-order valence-electron chi connectivity index (χ1n) is 19.5. The first-order valence-corrected chi connectivity index (χ1v) is 19.5. The van der Waals surface area contributed by atoms with Crippen molar-refractivity contribution < 1.29 is 10.2 Å². The monoisotopic (exact) mass is 699 g/mol. The number of nitrogens with zero attached hydrogens (tertiary/aromatic N) is 1. The minimum absolute atomic E-state index is 0.312. The molecule has 6 aromatic rings. The highest BCUT2D eigenvalue weighted by molar-refractivity contribution is 5.52. The molecule has 1 aliphatic carbocycles. The minimum Gasteiger partial charge on any atom is -0.392 e. The molecule has 270 valence electrons. The zero-order chi connectivity index (χ0) is 36.4. The normalized spacial score (nSPS) is 15.2. The Bertz CT molecular complexity index is 1600. The molecular formula is C50H53NO2. The summed E-state index contributed by atoms with van der Waals surface area (Å²) in [5.74, 6) is 0. The molecule has 0 aromatic heterocycles. The van der Waals surface area contributed by atoms with Gasteiger partial charge in [-0.25, -0.2) is 0 Å². The predicted molar refractivity (Wildman–Crippen MR) is 218 cm³/mol. The van der Waals surface area contributed by atoms with Crippen LogP contribution in [0, 0.1) is 0 Å². The molecule has 0 bridgehead atoms. The summed E-state index contributed by atoms with van der Waals surface area (Å²) in [6, 6.07) is 64.3. The summed E-state index contributed by atoms with van der Waals surface area (Å²) in [6.07, 6.45) is 5.52. The van der Waals surface area contributed by atoms with Gasteiger partial charge in [0.25, 0.3) is 0 Å². The third-order valence-electron chi connectivity index (χ3n) is 11.7. The van der Waals surface area contributed by atoms with Crippen LogP contribution in [0.1, 0.15) is 78.3 Å². The molecule has 3 heteroatoms. The average Bonchev–Trinajstić information content (AvgIpc) is 3.24. The number of hydrogen-bond acceptors (Lipinski definition) is 3. The lowest BCUT2D eigenvalue weighted by atomic mass is 9.66. The van der Waals surface area contributed by atoms with E-state index in [1.807, 2.05) is 0 Å². The number of aliphatic hydroxyl groups excluding tert-OH is 2. The molecule has 2 N–H and O–H groups in total. The summed E-state index contributed by atoms with van der Waals surface area (Å²) < 4.78 is 0. The van der Waals surface area contributed by atoms with Crippen LogP contribution in [-0.4, -0.2) is 46.5 Å². The third-order valence-corrected chi connectivity index (χ3v) is 11.7. The van der Waals surface area contributed by atoms with Crippen LogP contribution in [0.4, 0.5) is 0 Å². The van der Waals surface area contributed by atoms with Gasteiger partial charge in [0.1, 0.15) is 0 Å². The van der Waals surface area contributed by atoms with E-state index >= 15 is 0 Å². The topological polar surface area (TPSA) is 43.7 Å². The van der Waals surface area contributed by atoms with Crippen LogP contribution >= 0.6 is 0 Å². The van der Waals surface area contributed by atoms with Gasteiger partial charge in [-0.1, -0.05) is 201 Å². The lowest BCUT2D eigenvalue weighted by Gasteiger charge is -2.42. The fraction of sp³-hybridized carbons (Fsp3) is 0.280. The lowest BCUT2D eigenvalue weighted by molar-refractivity contribution is 0.0220. The van der Waals surface area contributed by atoms with Gasteiger partial charge in [-0.3, -0.25) is 4.90 Å². The van der Waals surface area contributed by atoms with Crippen molar-refractivity contribution in [1.82, 2.24) is 4.90 Å². The Kier molecular flexibility index (Phi) is 12.0. The second kappa shape index (κ2) is 17.4. The number of aliphatic hydroxyl groups is 2. The fourth-order valence-electron chi connectivity index (χ4n) is 9.24. The Morgan fingerprint density at radius 3 is 0.887 bits per heavy atom. The molecule has 3 nitrogen and oxygen atoms in total. The predicted octanol–water partition coefficient (Wildman–Crippen LogP) is 10.2. The van der Waals surface area contributed by atoms with Crippen molar-refractivity contribution in [2.45, 2.75) is 74.0 Å². The number of benzene rings is 6. The van der Waals surface area contributed by atoms with Crippen LogP contribution in [-0.2, 0) is 10.8 Å². The zero-order valence-electron chi connectivity index (χ0n) is 30.8. The van der Waals surface area contributed by atoms with E-state index in [1.165, 1.54) is 52.6 Å². The van der Waals surface area contributed by atoms with E-state index in [4.69, 9.17) is 0 Å². The van der Waals surface area contributed by atoms with E-state index in [2.05, 4.69) is 187 Å². The van der Waals surface area contributed by atoms with Crippen molar-refractivity contribution in [2.75, 3.05) is 13.1 Å². The molecule has 2 atom stereocenters. The Balaban J connectivity index is 1.24. The highest BCUT2D eigenvalue weighted by atomic mass is 16.3. The van der Waals surface area contributed by atoms with Gasteiger partial charge in [0.2, 0.25) is 0 Å². The second-order valence-corrected chi connectivity index (χ2v) is 15.0. The molecule has 1 saturated carbocycles. The third kappa shape index (κ3) is 8.09. The number of hydrogen-bond donors (Lipinski definition) is 2. The van der Waals surface area contributed by atoms with Gasteiger partial charge in [-0.05, 0) is 59.1 Å². The van der Waals surface area contributed by atoms with Gasteiger partial charge in [0.15, 0.2) is 0 Å². The van der Waals surface area contributed by atoms with E-state index in [-0.39, 0.29) is 0 Å². The van der Waals surface area contributed by atoms with Crippen molar-refractivity contribution in [3.05, 3.63) is 215 Å². The van der Waals surface area contributed by atoms with Crippen LogP contribution in [0.15, 0.2) is 182 Å². The van der Waals surface area contributed by atoms with Crippen LogP contribution in [0.5, 0.6) is 0 Å². The molecular weight excluding hydrogens is 647 g/mol. The first kappa shape index (κ1) is 36.6. The highest BCUT2D eigenvalue weighted by Gasteiger charge is 2.41. The molecule has 0 heterocycles. The van der Waals surface area contributed by atoms with E-state index in [0.717, 1.165) is 12.8 Å². The van der Waals surface area contributed by atoms with Crippen molar-refractivity contribution in [1.29, 1.82) is 0 Å². The van der Waals surface area contributed by atoms with E-state index in [9.17, 15) is 10.2 Å². The molecule has 7 rings (SSSR count). The molecule has 0 radical (unpaired) electrons. The molecule has 1 aliphatic rings. The Morgan fingerprint density at radius 2 is 0.642 bits per heavy atom. The highest BCUT2D eigenvalue weighted by Crippen LogP contribution is 2.45. The van der Waals surface area contributed by atoms with Gasteiger partial charge in [0.05, 0.1) is 12.2 Å². The van der Waals surface area contributed by atoms with Gasteiger partial charge in [-0.15, -0.1) is 0 Å². The van der Waals surface area contributed by atoms with Crippen LogP contribution < -0.4 is 0 Å².